The van der Waals surface area contributed by atoms with Crippen LogP contribution in [0.4, 0.5) is 8.78 Å². The average molecular weight is 462 g/mol. The van der Waals surface area contributed by atoms with E-state index in [1.165, 1.54) is 23.1 Å². The van der Waals surface area contributed by atoms with Gasteiger partial charge in [0.2, 0.25) is 17.6 Å². The Hall–Kier alpha value is -3.13. The first-order valence-corrected chi connectivity index (χ1v) is 10.3. The SMILES string of the molecule is [2H]C1CC(=O)NC(=O)C1N1Cc2cc(CCC(=O)C(F)(F)c3ccc(Cl)cc3)ccc2C1=O. The number of aryl methyl sites for hydroxylation is 1. The van der Waals surface area contributed by atoms with Crippen LogP contribution in [0.5, 0.6) is 0 Å². The Morgan fingerprint density at radius 3 is 2.59 bits per heavy atom. The highest BCUT2D eigenvalue weighted by atomic mass is 35.5. The highest BCUT2D eigenvalue weighted by Gasteiger charge is 2.41. The van der Waals surface area contributed by atoms with Crippen molar-refractivity contribution in [3.63, 3.8) is 0 Å². The molecule has 9 heteroatoms. The number of nitrogens with one attached hydrogen (secondary N) is 1. The van der Waals surface area contributed by atoms with Crippen LogP contribution in [0, 0.1) is 0 Å². The number of ketones is 1. The molecule has 2 aromatic rings. The van der Waals surface area contributed by atoms with E-state index in [2.05, 4.69) is 5.32 Å². The molecule has 6 nitrogen and oxygen atoms in total. The predicted octanol–water partition coefficient (Wildman–Crippen LogP) is 3.39. The lowest BCUT2D eigenvalue weighted by Gasteiger charge is -2.29. The Labute approximate surface area is 188 Å². The Kier molecular flexibility index (Phi) is 5.46. The molecule has 2 aliphatic heterocycles. The van der Waals surface area contributed by atoms with Crippen molar-refractivity contribution >= 4 is 35.1 Å². The van der Waals surface area contributed by atoms with Crippen molar-refractivity contribution in [3.05, 3.63) is 69.7 Å². The van der Waals surface area contributed by atoms with Crippen LogP contribution in [0.2, 0.25) is 5.02 Å². The molecule has 2 aliphatic rings. The molecule has 0 bridgehead atoms. The van der Waals surface area contributed by atoms with Crippen LogP contribution in [-0.2, 0) is 33.3 Å². The van der Waals surface area contributed by atoms with Crippen molar-refractivity contribution in [1.82, 2.24) is 10.2 Å². The predicted molar refractivity (Wildman–Crippen MR) is 111 cm³/mol. The van der Waals surface area contributed by atoms with E-state index in [9.17, 15) is 28.0 Å². The minimum Gasteiger partial charge on any atom is -0.322 e. The number of carbonyl (C=O) groups excluding carboxylic acids is 4. The maximum Gasteiger partial charge on any atom is 0.330 e. The fourth-order valence-electron chi connectivity index (χ4n) is 3.87. The monoisotopic (exact) mass is 461 g/mol. The number of amides is 3. The van der Waals surface area contributed by atoms with Crippen LogP contribution in [0.3, 0.4) is 0 Å². The summed E-state index contributed by atoms with van der Waals surface area (Å²) in [5.41, 5.74) is 1.08. The summed E-state index contributed by atoms with van der Waals surface area (Å²) in [5.74, 6) is -6.56. The molecule has 2 atom stereocenters. The Morgan fingerprint density at radius 1 is 1.19 bits per heavy atom. The van der Waals surface area contributed by atoms with Crippen LogP contribution >= 0.6 is 11.6 Å². The van der Waals surface area contributed by atoms with Gasteiger partial charge in [0.1, 0.15) is 6.04 Å². The number of hydrogen-bond donors (Lipinski definition) is 1. The molecular formula is C23H19ClF2N2O4. The van der Waals surface area contributed by atoms with E-state index in [4.69, 9.17) is 13.0 Å². The van der Waals surface area contributed by atoms with Gasteiger partial charge in [-0.15, -0.1) is 0 Å². The smallest absolute Gasteiger partial charge is 0.322 e. The zero-order chi connectivity index (χ0) is 23.9. The molecule has 0 aliphatic carbocycles. The summed E-state index contributed by atoms with van der Waals surface area (Å²) in [7, 11) is 0. The largest absolute Gasteiger partial charge is 0.330 e. The minimum absolute atomic E-state index is 0.0446. The lowest BCUT2D eigenvalue weighted by Crippen LogP contribution is -2.52. The van der Waals surface area contributed by atoms with Crippen molar-refractivity contribution in [1.29, 1.82) is 0 Å². The van der Waals surface area contributed by atoms with Gasteiger partial charge in [0, 0.05) is 36.9 Å². The molecule has 1 N–H and O–H groups in total. The highest BCUT2D eigenvalue weighted by Crippen LogP contribution is 2.32. The van der Waals surface area contributed by atoms with Crippen LogP contribution in [0.25, 0.3) is 0 Å². The molecule has 2 heterocycles. The summed E-state index contributed by atoms with van der Waals surface area (Å²) in [5, 5.41) is 2.44. The van der Waals surface area contributed by atoms with Gasteiger partial charge in [0.15, 0.2) is 0 Å². The lowest BCUT2D eigenvalue weighted by atomic mass is 9.97. The maximum absolute atomic E-state index is 14.5. The summed E-state index contributed by atoms with van der Waals surface area (Å²) in [6.07, 6.45) is -1.63. The molecule has 3 amide bonds. The zero-order valence-corrected chi connectivity index (χ0v) is 17.5. The molecule has 2 unspecified atom stereocenters. The van der Waals surface area contributed by atoms with Gasteiger partial charge in [-0.25, -0.2) is 0 Å². The number of fused-ring (bicyclic) bond motifs is 1. The number of hydrogen-bond acceptors (Lipinski definition) is 4. The average Bonchev–Trinajstić information content (AvgIpc) is 3.07. The molecule has 0 radical (unpaired) electrons. The van der Waals surface area contributed by atoms with Gasteiger partial charge in [0.05, 0.1) is 0 Å². The fourth-order valence-corrected chi connectivity index (χ4v) is 3.99. The Bertz CT molecular complexity index is 1160. The van der Waals surface area contributed by atoms with Crippen molar-refractivity contribution in [3.8, 4) is 0 Å². The number of benzene rings is 2. The number of rotatable bonds is 6. The minimum atomic E-state index is -3.65. The number of piperidine rings is 1. The topological polar surface area (TPSA) is 83.6 Å². The number of alkyl halides is 2. The van der Waals surface area contributed by atoms with Crippen molar-refractivity contribution in [2.45, 2.75) is 44.2 Å². The zero-order valence-electron chi connectivity index (χ0n) is 17.7. The first-order chi connectivity index (χ1) is 15.6. The second-order valence-electron chi connectivity index (χ2n) is 7.73. The number of halogens is 3. The maximum atomic E-state index is 14.5. The van der Waals surface area contributed by atoms with E-state index in [-0.39, 0.29) is 24.4 Å². The van der Waals surface area contributed by atoms with Gasteiger partial charge in [-0.05, 0) is 42.1 Å². The third-order valence-corrected chi connectivity index (χ3v) is 5.84. The number of carbonyl (C=O) groups is 4. The summed E-state index contributed by atoms with van der Waals surface area (Å²) in [4.78, 5) is 49.9. The number of Topliss-reactive ketones (excluding diaryl/α,β-unsaturated/α-hetero) is 1. The summed E-state index contributed by atoms with van der Waals surface area (Å²) in [6, 6.07) is 8.48. The Balaban J connectivity index is 1.45. The van der Waals surface area contributed by atoms with Gasteiger partial charge < -0.3 is 4.90 Å². The van der Waals surface area contributed by atoms with E-state index < -0.39 is 53.9 Å². The molecule has 32 heavy (non-hydrogen) atoms. The third-order valence-electron chi connectivity index (χ3n) is 5.59. The lowest BCUT2D eigenvalue weighted by molar-refractivity contribution is -0.144. The molecular weight excluding hydrogens is 442 g/mol. The normalized spacial score (nSPS) is 21.3. The molecule has 166 valence electrons. The second-order valence-corrected chi connectivity index (χ2v) is 8.16. The first-order valence-electron chi connectivity index (χ1n) is 10.5. The van der Waals surface area contributed by atoms with E-state index in [0.29, 0.717) is 16.7 Å². The van der Waals surface area contributed by atoms with Gasteiger partial charge >= 0.3 is 5.92 Å². The second kappa shape index (κ2) is 8.43. The third kappa shape index (κ3) is 4.14. The molecule has 0 spiro atoms. The van der Waals surface area contributed by atoms with Crippen LogP contribution < -0.4 is 5.32 Å². The number of imide groups is 1. The van der Waals surface area contributed by atoms with Gasteiger partial charge in [-0.3, -0.25) is 24.5 Å². The van der Waals surface area contributed by atoms with Crippen LogP contribution in [-0.4, -0.2) is 34.4 Å². The molecule has 1 saturated heterocycles. The molecule has 0 aromatic heterocycles. The van der Waals surface area contributed by atoms with E-state index in [0.717, 1.165) is 12.1 Å². The quantitative estimate of drug-likeness (QED) is 0.668. The van der Waals surface area contributed by atoms with Crippen LogP contribution in [0.15, 0.2) is 42.5 Å². The Morgan fingerprint density at radius 2 is 1.91 bits per heavy atom. The standard InChI is InChI=1S/C23H19ClF2N2O4/c24-16-5-3-15(4-6-16)23(25,26)19(29)9-2-13-1-7-17-14(11-13)12-28(22(17)32)18-8-10-20(30)27-21(18)31/h1,3-7,11,18H,2,8-10,12H2,(H,27,30,31)/i8D. The van der Waals surface area contributed by atoms with E-state index in [1.54, 1.807) is 12.1 Å². The van der Waals surface area contributed by atoms with Gasteiger partial charge in [0.25, 0.3) is 5.91 Å². The first kappa shape index (κ1) is 20.8. The fraction of sp³-hybridized carbons (Fsp3) is 0.304. The van der Waals surface area contributed by atoms with Crippen molar-refractivity contribution in [2.24, 2.45) is 0 Å². The molecule has 0 saturated carbocycles. The van der Waals surface area contributed by atoms with Crippen LogP contribution in [0.1, 0.15) is 47.7 Å². The van der Waals surface area contributed by atoms with E-state index >= 15 is 0 Å². The van der Waals surface area contributed by atoms with E-state index in [1.807, 2.05) is 0 Å². The molecule has 4 rings (SSSR count). The van der Waals surface area contributed by atoms with Crippen molar-refractivity contribution < 1.29 is 29.3 Å². The molecule has 2 aromatic carbocycles. The molecule has 1 fully saturated rings. The summed E-state index contributed by atoms with van der Waals surface area (Å²) < 4.78 is 37.0. The van der Waals surface area contributed by atoms with Gasteiger partial charge in [-0.2, -0.15) is 8.78 Å². The van der Waals surface area contributed by atoms with Gasteiger partial charge in [-0.1, -0.05) is 35.9 Å². The summed E-state index contributed by atoms with van der Waals surface area (Å²) in [6.45, 7) is 0.0541. The van der Waals surface area contributed by atoms with Crippen molar-refractivity contribution in [2.75, 3.05) is 0 Å². The highest BCUT2D eigenvalue weighted by molar-refractivity contribution is 6.30. The summed E-state index contributed by atoms with van der Waals surface area (Å²) >= 11 is 5.72. The number of nitrogens with zero attached hydrogens (tertiary/aromatic N) is 1.